The van der Waals surface area contributed by atoms with Gasteiger partial charge in [0.2, 0.25) is 0 Å². The maximum Gasteiger partial charge on any atom is 0.164 e. The molecule has 1 aromatic heterocycles. The molecule has 0 radical (unpaired) electrons. The van der Waals surface area contributed by atoms with Gasteiger partial charge in [0.1, 0.15) is 0 Å². The Labute approximate surface area is 262 Å². The predicted molar refractivity (Wildman–Crippen MR) is 187 cm³/mol. The first-order chi connectivity index (χ1) is 22.2. The van der Waals surface area contributed by atoms with Crippen LogP contribution in [-0.2, 0) is 0 Å². The molecule has 0 bridgehead atoms. The molecule has 8 rings (SSSR count). The third-order valence-electron chi connectivity index (χ3n) is 8.35. The highest BCUT2D eigenvalue weighted by Crippen LogP contribution is 2.39. The summed E-state index contributed by atoms with van der Waals surface area (Å²) in [5, 5.41) is 4.93. The Morgan fingerprint density at radius 2 is 0.822 bits per heavy atom. The third-order valence-corrected chi connectivity index (χ3v) is 8.35. The van der Waals surface area contributed by atoms with Gasteiger partial charge in [0, 0.05) is 16.7 Å². The molecule has 0 amide bonds. The van der Waals surface area contributed by atoms with Crippen LogP contribution in [0.2, 0.25) is 0 Å². The van der Waals surface area contributed by atoms with E-state index in [0.29, 0.717) is 17.5 Å². The van der Waals surface area contributed by atoms with Crippen molar-refractivity contribution in [1.82, 2.24) is 15.0 Å². The van der Waals surface area contributed by atoms with E-state index in [0.717, 1.165) is 33.4 Å². The average molecular weight is 576 g/mol. The van der Waals surface area contributed by atoms with Gasteiger partial charge in [0.15, 0.2) is 17.5 Å². The van der Waals surface area contributed by atoms with Gasteiger partial charge in [0.05, 0.1) is 0 Å². The smallest absolute Gasteiger partial charge is 0.164 e. The SMILES string of the molecule is Cc1ccc(-c2cc(-c3nc(-c4ccccc4)nc(-c4ccccc4)n3)cc(-c3cc4ccccc4c4ccccc34)c2)cc1. The molecule has 3 heteroatoms. The minimum atomic E-state index is 0.642. The minimum absolute atomic E-state index is 0.642. The van der Waals surface area contributed by atoms with Crippen molar-refractivity contribution < 1.29 is 0 Å². The number of nitrogens with zero attached hydrogens (tertiary/aromatic N) is 3. The van der Waals surface area contributed by atoms with Crippen LogP contribution in [0.1, 0.15) is 5.56 Å². The van der Waals surface area contributed by atoms with E-state index in [9.17, 15) is 0 Å². The summed E-state index contributed by atoms with van der Waals surface area (Å²) in [5.74, 6) is 1.94. The van der Waals surface area contributed by atoms with Crippen molar-refractivity contribution in [2.75, 3.05) is 0 Å². The highest BCUT2D eigenvalue weighted by molar-refractivity contribution is 6.14. The molecular formula is C42H29N3. The lowest BCUT2D eigenvalue weighted by atomic mass is 9.90. The monoisotopic (exact) mass is 575 g/mol. The zero-order chi connectivity index (χ0) is 30.2. The van der Waals surface area contributed by atoms with Crippen LogP contribution in [0.25, 0.3) is 78.0 Å². The summed E-state index contributed by atoms with van der Waals surface area (Å²) in [6, 6.07) is 55.3. The molecule has 0 saturated carbocycles. The second-order valence-corrected chi connectivity index (χ2v) is 11.4. The normalized spacial score (nSPS) is 11.2. The molecule has 1 heterocycles. The van der Waals surface area contributed by atoms with E-state index < -0.39 is 0 Å². The first-order valence-corrected chi connectivity index (χ1v) is 15.2. The summed E-state index contributed by atoms with van der Waals surface area (Å²) >= 11 is 0. The van der Waals surface area contributed by atoms with E-state index in [1.165, 1.54) is 32.7 Å². The van der Waals surface area contributed by atoms with Gasteiger partial charge in [0.25, 0.3) is 0 Å². The van der Waals surface area contributed by atoms with Crippen LogP contribution in [-0.4, -0.2) is 15.0 Å². The molecule has 0 fully saturated rings. The van der Waals surface area contributed by atoms with Gasteiger partial charge >= 0.3 is 0 Å². The second kappa shape index (κ2) is 11.3. The Hall–Kier alpha value is -5.93. The number of rotatable bonds is 5. The number of aromatic nitrogens is 3. The topological polar surface area (TPSA) is 38.7 Å². The van der Waals surface area contributed by atoms with Gasteiger partial charge in [-0.3, -0.25) is 0 Å². The first-order valence-electron chi connectivity index (χ1n) is 15.2. The van der Waals surface area contributed by atoms with E-state index >= 15 is 0 Å². The van der Waals surface area contributed by atoms with E-state index in [-0.39, 0.29) is 0 Å². The molecule has 0 spiro atoms. The van der Waals surface area contributed by atoms with Crippen LogP contribution < -0.4 is 0 Å². The standard InChI is InChI=1S/C42H29N3/c1-28-20-22-29(23-21-28)33-24-34(39-27-32-16-8-9-17-36(32)37-18-10-11-19-38(37)39)26-35(25-33)42-44-40(30-12-4-2-5-13-30)43-41(45-42)31-14-6-3-7-15-31/h2-27H,1H3. The van der Waals surface area contributed by atoms with Gasteiger partial charge in [-0.15, -0.1) is 0 Å². The number of fused-ring (bicyclic) bond motifs is 3. The molecule has 45 heavy (non-hydrogen) atoms. The Morgan fingerprint density at radius 1 is 0.333 bits per heavy atom. The van der Waals surface area contributed by atoms with Crippen molar-refractivity contribution in [3.8, 4) is 56.4 Å². The maximum atomic E-state index is 5.07. The van der Waals surface area contributed by atoms with E-state index in [1.807, 2.05) is 60.7 Å². The lowest BCUT2D eigenvalue weighted by molar-refractivity contribution is 1.07. The second-order valence-electron chi connectivity index (χ2n) is 11.4. The maximum absolute atomic E-state index is 5.07. The summed E-state index contributed by atoms with van der Waals surface area (Å²) < 4.78 is 0. The summed E-state index contributed by atoms with van der Waals surface area (Å²) in [6.45, 7) is 2.12. The summed E-state index contributed by atoms with van der Waals surface area (Å²) in [5.41, 5.74) is 8.64. The quantitative estimate of drug-likeness (QED) is 0.192. The van der Waals surface area contributed by atoms with Crippen molar-refractivity contribution >= 4 is 21.5 Å². The predicted octanol–water partition coefficient (Wildman–Crippen LogP) is 10.8. The summed E-state index contributed by atoms with van der Waals surface area (Å²) in [4.78, 5) is 15.1. The van der Waals surface area contributed by atoms with Gasteiger partial charge < -0.3 is 0 Å². The highest BCUT2D eigenvalue weighted by atomic mass is 15.0. The average Bonchev–Trinajstić information content (AvgIpc) is 3.12. The first kappa shape index (κ1) is 26.7. The molecule has 0 N–H and O–H groups in total. The number of aryl methyl sites for hydroxylation is 1. The van der Waals surface area contributed by atoms with Crippen LogP contribution in [0.3, 0.4) is 0 Å². The number of hydrogen-bond acceptors (Lipinski definition) is 3. The number of benzene rings is 7. The van der Waals surface area contributed by atoms with Crippen LogP contribution in [0.4, 0.5) is 0 Å². The van der Waals surface area contributed by atoms with Gasteiger partial charge in [-0.2, -0.15) is 0 Å². The van der Waals surface area contributed by atoms with Crippen LogP contribution in [0.15, 0.2) is 158 Å². The molecule has 8 aromatic rings. The van der Waals surface area contributed by atoms with Gasteiger partial charge in [-0.05, 0) is 75.0 Å². The van der Waals surface area contributed by atoms with Crippen LogP contribution >= 0.6 is 0 Å². The lowest BCUT2D eigenvalue weighted by Crippen LogP contribution is -2.00. The number of hydrogen-bond donors (Lipinski definition) is 0. The molecule has 212 valence electrons. The Bertz CT molecular complexity index is 2250. The van der Waals surface area contributed by atoms with Crippen molar-refractivity contribution in [3.05, 3.63) is 163 Å². The largest absolute Gasteiger partial charge is 0.208 e. The van der Waals surface area contributed by atoms with Gasteiger partial charge in [-0.25, -0.2) is 15.0 Å². The third kappa shape index (κ3) is 5.15. The fourth-order valence-corrected chi connectivity index (χ4v) is 6.06. The van der Waals surface area contributed by atoms with Gasteiger partial charge in [-0.1, -0.05) is 139 Å². The molecule has 3 nitrogen and oxygen atoms in total. The molecule has 0 unspecified atom stereocenters. The summed E-state index contributed by atoms with van der Waals surface area (Å²) in [6.07, 6.45) is 0. The minimum Gasteiger partial charge on any atom is -0.208 e. The molecule has 0 aliphatic heterocycles. The van der Waals surface area contributed by atoms with E-state index in [1.54, 1.807) is 0 Å². The zero-order valence-corrected chi connectivity index (χ0v) is 24.9. The summed E-state index contributed by atoms with van der Waals surface area (Å²) in [7, 11) is 0. The molecule has 0 saturated heterocycles. The fraction of sp³-hybridized carbons (Fsp3) is 0.0238. The van der Waals surface area contributed by atoms with Crippen molar-refractivity contribution in [1.29, 1.82) is 0 Å². The van der Waals surface area contributed by atoms with Crippen LogP contribution in [0.5, 0.6) is 0 Å². The molecule has 0 aliphatic carbocycles. The molecular weight excluding hydrogens is 546 g/mol. The highest BCUT2D eigenvalue weighted by Gasteiger charge is 2.16. The van der Waals surface area contributed by atoms with E-state index in [2.05, 4.69) is 104 Å². The molecule has 0 aliphatic rings. The van der Waals surface area contributed by atoms with Crippen molar-refractivity contribution in [2.45, 2.75) is 6.92 Å². The molecule has 7 aromatic carbocycles. The lowest BCUT2D eigenvalue weighted by Gasteiger charge is -2.15. The van der Waals surface area contributed by atoms with Crippen molar-refractivity contribution in [3.63, 3.8) is 0 Å². The fourth-order valence-electron chi connectivity index (χ4n) is 6.06. The Kier molecular flexibility index (Phi) is 6.69. The Morgan fingerprint density at radius 3 is 1.47 bits per heavy atom. The molecule has 0 atom stereocenters. The van der Waals surface area contributed by atoms with Crippen LogP contribution in [0, 0.1) is 6.92 Å². The Balaban J connectivity index is 1.41. The zero-order valence-electron chi connectivity index (χ0n) is 24.9. The van der Waals surface area contributed by atoms with E-state index in [4.69, 9.17) is 15.0 Å². The van der Waals surface area contributed by atoms with Crippen molar-refractivity contribution in [2.24, 2.45) is 0 Å².